The van der Waals surface area contributed by atoms with Crippen molar-refractivity contribution >= 4 is 15.8 Å². The first-order valence-electron chi connectivity index (χ1n) is 5.40. The zero-order valence-electron chi connectivity index (χ0n) is 9.85. The van der Waals surface area contributed by atoms with Crippen LogP contribution in [0.25, 0.3) is 0 Å². The summed E-state index contributed by atoms with van der Waals surface area (Å²) in [7, 11) is -2.94. The molecule has 0 atom stereocenters. The Bertz CT molecular complexity index is 547. The van der Waals surface area contributed by atoms with Crippen molar-refractivity contribution in [2.75, 3.05) is 31.6 Å². The zero-order chi connectivity index (χ0) is 13.3. The molecule has 8 nitrogen and oxygen atoms in total. The van der Waals surface area contributed by atoms with Crippen LogP contribution in [0.4, 0.5) is 0 Å². The van der Waals surface area contributed by atoms with Gasteiger partial charge >= 0.3 is 5.97 Å². The van der Waals surface area contributed by atoms with Crippen LogP contribution in [0, 0.1) is 0 Å². The molecule has 0 unspecified atom stereocenters. The lowest BCUT2D eigenvalue weighted by atomic mass is 10.1. The van der Waals surface area contributed by atoms with Gasteiger partial charge in [-0.1, -0.05) is 5.21 Å². The molecule has 0 bridgehead atoms. The average molecular weight is 274 g/mol. The molecular weight excluding hydrogens is 260 g/mol. The number of nitrogens with zero attached hydrogens (tertiary/aromatic N) is 4. The van der Waals surface area contributed by atoms with E-state index in [0.29, 0.717) is 19.6 Å². The van der Waals surface area contributed by atoms with Crippen LogP contribution in [0.5, 0.6) is 0 Å². The molecule has 18 heavy (non-hydrogen) atoms. The lowest BCUT2D eigenvalue weighted by molar-refractivity contribution is 0.0690. The molecule has 1 aromatic heterocycles. The normalized spacial score (nSPS) is 17.6. The summed E-state index contributed by atoms with van der Waals surface area (Å²) in [6.45, 7) is 1.83. The van der Waals surface area contributed by atoms with Gasteiger partial charge in [-0.15, -0.1) is 5.10 Å². The van der Waals surface area contributed by atoms with E-state index in [9.17, 15) is 13.2 Å². The van der Waals surface area contributed by atoms with Crippen LogP contribution in [-0.2, 0) is 9.84 Å². The van der Waals surface area contributed by atoms with Crippen molar-refractivity contribution in [3.8, 4) is 0 Å². The van der Waals surface area contributed by atoms with Gasteiger partial charge in [0.25, 0.3) is 0 Å². The van der Waals surface area contributed by atoms with Crippen molar-refractivity contribution in [2.45, 2.75) is 6.04 Å². The molecule has 0 aliphatic carbocycles. The van der Waals surface area contributed by atoms with E-state index in [-0.39, 0.29) is 17.5 Å². The summed E-state index contributed by atoms with van der Waals surface area (Å²) in [5, 5.41) is 16.0. The third-order valence-electron chi connectivity index (χ3n) is 2.82. The van der Waals surface area contributed by atoms with Gasteiger partial charge in [-0.2, -0.15) is 0 Å². The number of carboxylic acid groups (broad SMARTS) is 1. The van der Waals surface area contributed by atoms with E-state index in [1.807, 2.05) is 4.90 Å². The highest BCUT2D eigenvalue weighted by atomic mass is 32.2. The fourth-order valence-electron chi connectivity index (χ4n) is 1.74. The molecular formula is C9H14N4O4S. The van der Waals surface area contributed by atoms with E-state index in [0.717, 1.165) is 0 Å². The number of sulfone groups is 1. The third kappa shape index (κ3) is 3.05. The second-order valence-electron chi connectivity index (χ2n) is 4.43. The van der Waals surface area contributed by atoms with E-state index >= 15 is 0 Å². The molecule has 1 aliphatic heterocycles. The molecule has 1 saturated heterocycles. The maximum atomic E-state index is 11.0. The molecule has 100 valence electrons. The summed E-state index contributed by atoms with van der Waals surface area (Å²) >= 11 is 0. The highest BCUT2D eigenvalue weighted by molar-refractivity contribution is 7.90. The third-order valence-corrected chi connectivity index (χ3v) is 3.74. The molecule has 0 saturated carbocycles. The Kier molecular flexibility index (Phi) is 3.35. The topological polar surface area (TPSA) is 105 Å². The van der Waals surface area contributed by atoms with Crippen molar-refractivity contribution in [1.82, 2.24) is 19.9 Å². The summed E-state index contributed by atoms with van der Waals surface area (Å²) in [4.78, 5) is 12.6. The maximum absolute atomic E-state index is 11.0. The van der Waals surface area contributed by atoms with E-state index < -0.39 is 15.8 Å². The summed E-state index contributed by atoms with van der Waals surface area (Å²) in [6.07, 6.45) is 2.60. The molecule has 0 radical (unpaired) electrons. The molecule has 1 fully saturated rings. The fourth-order valence-corrected chi connectivity index (χ4v) is 2.33. The second kappa shape index (κ2) is 4.65. The molecule has 1 aliphatic rings. The number of rotatable bonds is 5. The highest BCUT2D eigenvalue weighted by Crippen LogP contribution is 2.19. The first-order valence-corrected chi connectivity index (χ1v) is 7.46. The van der Waals surface area contributed by atoms with Gasteiger partial charge in [-0.05, 0) is 0 Å². The van der Waals surface area contributed by atoms with Crippen molar-refractivity contribution in [2.24, 2.45) is 0 Å². The lowest BCUT2D eigenvalue weighted by Crippen LogP contribution is -2.49. The summed E-state index contributed by atoms with van der Waals surface area (Å²) in [6, 6.07) is 0.0742. The standard InChI is InChI=1S/C9H14N4O4S/c1-18(16,17)3-2-12-4-7(5-12)13-6-8(9(14)15)10-11-13/h6-7H,2-5H2,1H3,(H,14,15). The maximum Gasteiger partial charge on any atom is 0.358 e. The van der Waals surface area contributed by atoms with Crippen LogP contribution < -0.4 is 0 Å². The minimum absolute atomic E-state index is 0.0742. The predicted octanol–water partition coefficient (Wildman–Crippen LogP) is -1.12. The molecule has 0 aromatic carbocycles. The molecule has 0 spiro atoms. The minimum Gasteiger partial charge on any atom is -0.476 e. The molecule has 9 heteroatoms. The second-order valence-corrected chi connectivity index (χ2v) is 6.69. The summed E-state index contributed by atoms with van der Waals surface area (Å²) in [5.41, 5.74) is -0.0791. The van der Waals surface area contributed by atoms with Gasteiger partial charge in [0.15, 0.2) is 5.69 Å². The Morgan fingerprint density at radius 2 is 2.22 bits per heavy atom. The van der Waals surface area contributed by atoms with Gasteiger partial charge in [-0.3, -0.25) is 4.90 Å². The van der Waals surface area contributed by atoms with E-state index in [4.69, 9.17) is 5.11 Å². The van der Waals surface area contributed by atoms with Gasteiger partial charge in [0.05, 0.1) is 18.0 Å². The fraction of sp³-hybridized carbons (Fsp3) is 0.667. The monoisotopic (exact) mass is 274 g/mol. The van der Waals surface area contributed by atoms with Crippen LogP contribution in [0.3, 0.4) is 0 Å². The van der Waals surface area contributed by atoms with Crippen LogP contribution in [0.15, 0.2) is 6.20 Å². The van der Waals surface area contributed by atoms with Crippen LogP contribution >= 0.6 is 0 Å². The van der Waals surface area contributed by atoms with E-state index in [1.54, 1.807) is 0 Å². The average Bonchev–Trinajstić information content (AvgIpc) is 2.62. The number of hydrogen-bond acceptors (Lipinski definition) is 6. The molecule has 1 N–H and O–H groups in total. The number of carboxylic acids is 1. The highest BCUT2D eigenvalue weighted by Gasteiger charge is 2.29. The van der Waals surface area contributed by atoms with Crippen molar-refractivity contribution in [3.05, 3.63) is 11.9 Å². The molecule has 2 rings (SSSR count). The summed E-state index contributed by atoms with van der Waals surface area (Å²) < 4.78 is 23.5. The van der Waals surface area contributed by atoms with Gasteiger partial charge in [0, 0.05) is 25.9 Å². The SMILES string of the molecule is CS(=O)(=O)CCN1CC(n2cc(C(=O)O)nn2)C1. The van der Waals surface area contributed by atoms with Crippen LogP contribution in [0.2, 0.25) is 0 Å². The zero-order valence-corrected chi connectivity index (χ0v) is 10.7. The Morgan fingerprint density at radius 3 is 2.72 bits per heavy atom. The van der Waals surface area contributed by atoms with Gasteiger partial charge in [0.1, 0.15) is 9.84 Å². The molecule has 1 aromatic rings. The number of aromatic carboxylic acids is 1. The Hall–Kier alpha value is -1.48. The van der Waals surface area contributed by atoms with Crippen molar-refractivity contribution in [3.63, 3.8) is 0 Å². The van der Waals surface area contributed by atoms with E-state index in [2.05, 4.69) is 10.3 Å². The van der Waals surface area contributed by atoms with Crippen molar-refractivity contribution in [1.29, 1.82) is 0 Å². The first kappa shape index (κ1) is 13.0. The Morgan fingerprint density at radius 1 is 1.56 bits per heavy atom. The lowest BCUT2D eigenvalue weighted by Gasteiger charge is -2.38. The first-order chi connectivity index (χ1) is 8.35. The van der Waals surface area contributed by atoms with Gasteiger partial charge in [0.2, 0.25) is 0 Å². The molecule has 0 amide bonds. The van der Waals surface area contributed by atoms with Gasteiger partial charge in [-0.25, -0.2) is 17.9 Å². The largest absolute Gasteiger partial charge is 0.476 e. The van der Waals surface area contributed by atoms with Crippen LogP contribution in [-0.4, -0.2) is 71.0 Å². The number of likely N-dealkylation sites (tertiary alicyclic amines) is 1. The summed E-state index contributed by atoms with van der Waals surface area (Å²) in [5.74, 6) is -0.966. The van der Waals surface area contributed by atoms with Crippen LogP contribution in [0.1, 0.15) is 16.5 Å². The Labute approximate surface area is 104 Å². The minimum atomic E-state index is -2.94. The smallest absolute Gasteiger partial charge is 0.358 e. The number of carbonyl (C=O) groups is 1. The molecule has 2 heterocycles. The Balaban J connectivity index is 1.83. The quantitative estimate of drug-likeness (QED) is 0.724. The predicted molar refractivity (Wildman–Crippen MR) is 62.2 cm³/mol. The number of hydrogen-bond donors (Lipinski definition) is 1. The van der Waals surface area contributed by atoms with E-state index in [1.165, 1.54) is 17.1 Å². The van der Waals surface area contributed by atoms with Crippen molar-refractivity contribution < 1.29 is 18.3 Å². The van der Waals surface area contributed by atoms with Gasteiger partial charge < -0.3 is 5.11 Å². The number of aromatic nitrogens is 3.